The summed E-state index contributed by atoms with van der Waals surface area (Å²) >= 11 is 7.44. The molecular formula is C25H34ClN5OS. The van der Waals surface area contributed by atoms with Crippen molar-refractivity contribution in [3.05, 3.63) is 45.8 Å². The minimum Gasteiger partial charge on any atom is -0.376 e. The van der Waals surface area contributed by atoms with E-state index in [4.69, 9.17) is 16.3 Å². The fraction of sp³-hybridized carbons (Fsp3) is 0.560. The van der Waals surface area contributed by atoms with E-state index < -0.39 is 5.41 Å². The van der Waals surface area contributed by atoms with E-state index in [2.05, 4.69) is 47.4 Å². The van der Waals surface area contributed by atoms with Gasteiger partial charge in [-0.25, -0.2) is 0 Å². The Kier molecular flexibility index (Phi) is 11.8. The van der Waals surface area contributed by atoms with Gasteiger partial charge in [0.2, 0.25) is 0 Å². The molecule has 33 heavy (non-hydrogen) atoms. The van der Waals surface area contributed by atoms with Gasteiger partial charge in [0.05, 0.1) is 29.7 Å². The largest absolute Gasteiger partial charge is 0.376 e. The highest BCUT2D eigenvalue weighted by Crippen LogP contribution is 2.40. The molecule has 1 fully saturated rings. The van der Waals surface area contributed by atoms with Gasteiger partial charge >= 0.3 is 0 Å². The van der Waals surface area contributed by atoms with Crippen LogP contribution >= 0.6 is 22.9 Å². The molecule has 178 valence electrons. The predicted octanol–water partition coefficient (Wildman–Crippen LogP) is 4.79. The maximum atomic E-state index is 10.1. The summed E-state index contributed by atoms with van der Waals surface area (Å²) in [4.78, 5) is 10.5. The van der Waals surface area contributed by atoms with Crippen molar-refractivity contribution in [2.45, 2.75) is 32.1 Å². The monoisotopic (exact) mass is 487 g/mol. The number of aliphatic imine (C=N–C) groups is 1. The second-order valence-electron chi connectivity index (χ2n) is 8.43. The molecule has 0 bridgehead atoms. The van der Waals surface area contributed by atoms with Crippen molar-refractivity contribution >= 4 is 29.2 Å². The molecule has 6 nitrogen and oxygen atoms in total. The SMILES string of the molecule is C=CN=C/C(Cl)=C\COCCN1CCN(CCCC(C#N)(c2ccc(C#N)s2)C(C)C)CC1. The summed E-state index contributed by atoms with van der Waals surface area (Å²) in [7, 11) is 0. The molecule has 1 saturated heterocycles. The van der Waals surface area contributed by atoms with Gasteiger partial charge in [-0.1, -0.05) is 32.0 Å². The zero-order valence-electron chi connectivity index (χ0n) is 19.7. The molecule has 0 saturated carbocycles. The van der Waals surface area contributed by atoms with Crippen LogP contribution in [0, 0.1) is 28.6 Å². The van der Waals surface area contributed by atoms with Crippen molar-refractivity contribution in [3.8, 4) is 12.1 Å². The first-order valence-corrected chi connectivity index (χ1v) is 12.6. The lowest BCUT2D eigenvalue weighted by Gasteiger charge is -2.35. The van der Waals surface area contributed by atoms with Crippen LogP contribution in [0.25, 0.3) is 0 Å². The van der Waals surface area contributed by atoms with Crippen LogP contribution in [-0.4, -0.2) is 68.5 Å². The molecule has 2 heterocycles. The summed E-state index contributed by atoms with van der Waals surface area (Å²) < 4.78 is 5.65. The van der Waals surface area contributed by atoms with E-state index in [-0.39, 0.29) is 5.92 Å². The Morgan fingerprint density at radius 1 is 1.27 bits per heavy atom. The molecule has 0 N–H and O–H groups in total. The Hall–Kier alpha value is -2.00. The lowest BCUT2D eigenvalue weighted by molar-refractivity contribution is 0.0849. The van der Waals surface area contributed by atoms with Crippen LogP contribution in [0.15, 0.2) is 41.0 Å². The molecule has 0 amide bonds. The topological polar surface area (TPSA) is 75.7 Å². The Morgan fingerprint density at radius 3 is 2.55 bits per heavy atom. The lowest BCUT2D eigenvalue weighted by Crippen LogP contribution is -2.47. The average Bonchev–Trinajstić information content (AvgIpc) is 3.31. The van der Waals surface area contributed by atoms with Crippen LogP contribution in [0.3, 0.4) is 0 Å². The summed E-state index contributed by atoms with van der Waals surface area (Å²) in [5, 5.41) is 19.8. The summed E-state index contributed by atoms with van der Waals surface area (Å²) in [6.45, 7) is 14.9. The zero-order chi connectivity index (χ0) is 24.1. The maximum Gasteiger partial charge on any atom is 0.110 e. The van der Waals surface area contributed by atoms with Crippen LogP contribution in [0.5, 0.6) is 0 Å². The summed E-state index contributed by atoms with van der Waals surface area (Å²) in [5.41, 5.74) is -0.520. The van der Waals surface area contributed by atoms with E-state index in [0.29, 0.717) is 23.1 Å². The number of halogens is 1. The molecular weight excluding hydrogens is 454 g/mol. The van der Waals surface area contributed by atoms with Crippen molar-refractivity contribution in [2.24, 2.45) is 10.9 Å². The second-order valence-corrected chi connectivity index (χ2v) is 9.95. The smallest absolute Gasteiger partial charge is 0.110 e. The van der Waals surface area contributed by atoms with Crippen molar-refractivity contribution in [1.29, 1.82) is 10.5 Å². The number of hydrogen-bond acceptors (Lipinski definition) is 7. The Labute approximate surface area is 207 Å². The Bertz CT molecular complexity index is 889. The number of thiophene rings is 1. The van der Waals surface area contributed by atoms with Crippen LogP contribution in [0.2, 0.25) is 0 Å². The van der Waals surface area contributed by atoms with Gasteiger partial charge in [-0.2, -0.15) is 10.5 Å². The van der Waals surface area contributed by atoms with E-state index in [0.717, 1.165) is 57.0 Å². The van der Waals surface area contributed by atoms with E-state index in [1.807, 2.05) is 12.1 Å². The molecule has 1 aliphatic heterocycles. The average molecular weight is 488 g/mol. The lowest BCUT2D eigenvalue weighted by atomic mass is 9.73. The third-order valence-electron chi connectivity index (χ3n) is 6.10. The molecule has 8 heteroatoms. The fourth-order valence-corrected chi connectivity index (χ4v) is 5.22. The molecule has 0 aromatic carbocycles. The first kappa shape index (κ1) is 27.2. The third-order valence-corrected chi connectivity index (χ3v) is 7.52. The molecule has 0 aliphatic carbocycles. The normalized spacial score (nSPS) is 17.7. The van der Waals surface area contributed by atoms with Crippen LogP contribution in [0.4, 0.5) is 0 Å². The number of allylic oxidation sites excluding steroid dienone is 1. The van der Waals surface area contributed by atoms with E-state index in [1.165, 1.54) is 17.5 Å². The molecule has 0 spiro atoms. The number of nitrogens with zero attached hydrogens (tertiary/aromatic N) is 5. The predicted molar refractivity (Wildman–Crippen MR) is 137 cm³/mol. The molecule has 0 radical (unpaired) electrons. The first-order chi connectivity index (χ1) is 15.9. The zero-order valence-corrected chi connectivity index (χ0v) is 21.2. The summed E-state index contributed by atoms with van der Waals surface area (Å²) in [5.74, 6) is 0.198. The number of piperazine rings is 1. The van der Waals surface area contributed by atoms with Gasteiger partial charge < -0.3 is 9.64 Å². The Balaban J connectivity index is 1.71. The Morgan fingerprint density at radius 2 is 1.97 bits per heavy atom. The minimum atomic E-state index is -0.520. The van der Waals surface area contributed by atoms with E-state index in [9.17, 15) is 10.5 Å². The van der Waals surface area contributed by atoms with Crippen LogP contribution < -0.4 is 0 Å². The molecule has 1 aromatic rings. The van der Waals surface area contributed by atoms with Gasteiger partial charge in [-0.15, -0.1) is 11.3 Å². The summed E-state index contributed by atoms with van der Waals surface area (Å²) in [6.07, 6.45) is 6.56. The minimum absolute atomic E-state index is 0.198. The molecule has 1 atom stereocenters. The van der Waals surface area contributed by atoms with E-state index in [1.54, 1.807) is 12.3 Å². The number of rotatable bonds is 13. The van der Waals surface area contributed by atoms with Gasteiger partial charge in [0.1, 0.15) is 10.9 Å². The maximum absolute atomic E-state index is 10.1. The standard InChI is InChI=1S/C25H34ClN5OS/c1-4-29-19-22(26)8-16-32-17-15-31-13-11-30(12-14-31)10-5-9-25(20-28,21(2)3)24-7-6-23(18-27)33-24/h4,6-8,19,21H,1,5,9-17H2,2-3H3/b22-8+,29-19?. The van der Waals surface area contributed by atoms with Gasteiger partial charge in [0, 0.05) is 50.0 Å². The van der Waals surface area contributed by atoms with Crippen LogP contribution in [-0.2, 0) is 10.2 Å². The summed E-state index contributed by atoms with van der Waals surface area (Å²) in [6, 6.07) is 8.60. The van der Waals surface area contributed by atoms with Gasteiger partial charge in [-0.05, 0) is 43.5 Å². The van der Waals surface area contributed by atoms with Gasteiger partial charge in [0.15, 0.2) is 0 Å². The highest BCUT2D eigenvalue weighted by Gasteiger charge is 2.37. The van der Waals surface area contributed by atoms with Crippen LogP contribution in [0.1, 0.15) is 36.4 Å². The number of hydrogen-bond donors (Lipinski definition) is 0. The van der Waals surface area contributed by atoms with Gasteiger partial charge in [-0.3, -0.25) is 9.89 Å². The molecule has 1 unspecified atom stereocenters. The fourth-order valence-electron chi connectivity index (χ4n) is 3.98. The molecule has 1 aromatic heterocycles. The number of nitriles is 2. The first-order valence-electron chi connectivity index (χ1n) is 11.4. The molecule has 1 aliphatic rings. The quantitative estimate of drug-likeness (QED) is 0.295. The van der Waals surface area contributed by atoms with Gasteiger partial charge in [0.25, 0.3) is 0 Å². The van der Waals surface area contributed by atoms with Crippen molar-refractivity contribution in [3.63, 3.8) is 0 Å². The van der Waals surface area contributed by atoms with E-state index >= 15 is 0 Å². The van der Waals surface area contributed by atoms with Crippen molar-refractivity contribution in [1.82, 2.24) is 9.80 Å². The number of ether oxygens (including phenoxy) is 1. The van der Waals surface area contributed by atoms with Crippen molar-refractivity contribution in [2.75, 3.05) is 52.5 Å². The molecule has 2 rings (SSSR count). The second kappa shape index (κ2) is 14.3. The highest BCUT2D eigenvalue weighted by atomic mass is 35.5. The van der Waals surface area contributed by atoms with Crippen molar-refractivity contribution < 1.29 is 4.74 Å². The highest BCUT2D eigenvalue weighted by molar-refractivity contribution is 7.12. The third kappa shape index (κ3) is 8.37.